The van der Waals surface area contributed by atoms with Crippen molar-refractivity contribution in [1.29, 1.82) is 0 Å². The Morgan fingerprint density at radius 2 is 2.00 bits per heavy atom. The number of rotatable bonds is 3. The molecule has 0 atom stereocenters. The second-order valence-electron chi connectivity index (χ2n) is 2.65. The SMILES string of the molecule is C=C(C)OC(=CC)C(C)C. The van der Waals surface area contributed by atoms with E-state index >= 15 is 0 Å². The fourth-order valence-electron chi connectivity index (χ4n) is 0.711. The van der Waals surface area contributed by atoms with Crippen LogP contribution < -0.4 is 0 Å². The van der Waals surface area contributed by atoms with Gasteiger partial charge in [-0.25, -0.2) is 0 Å². The Balaban J connectivity index is 3.99. The standard InChI is InChI=1S/C9H16O/c1-6-9(7(2)3)10-8(4)5/h6-7H,4H2,1-3,5H3. The maximum Gasteiger partial charge on any atom is 0.102 e. The van der Waals surface area contributed by atoms with Crippen molar-refractivity contribution >= 4 is 0 Å². The number of hydrogen-bond donors (Lipinski definition) is 0. The molecule has 0 saturated heterocycles. The molecule has 0 amide bonds. The molecule has 58 valence electrons. The molecule has 0 rings (SSSR count). The largest absolute Gasteiger partial charge is 0.467 e. The van der Waals surface area contributed by atoms with E-state index in [1.54, 1.807) is 0 Å². The zero-order valence-corrected chi connectivity index (χ0v) is 7.27. The van der Waals surface area contributed by atoms with Crippen LogP contribution in [-0.4, -0.2) is 0 Å². The molecule has 0 spiro atoms. The molecule has 0 aromatic rings. The van der Waals surface area contributed by atoms with Gasteiger partial charge in [-0.05, 0) is 19.9 Å². The summed E-state index contributed by atoms with van der Waals surface area (Å²) in [7, 11) is 0. The van der Waals surface area contributed by atoms with Crippen molar-refractivity contribution in [2.24, 2.45) is 5.92 Å². The first-order valence-corrected chi connectivity index (χ1v) is 3.57. The van der Waals surface area contributed by atoms with Gasteiger partial charge in [0.1, 0.15) is 5.76 Å². The van der Waals surface area contributed by atoms with Crippen LogP contribution in [0.3, 0.4) is 0 Å². The minimum Gasteiger partial charge on any atom is -0.467 e. The van der Waals surface area contributed by atoms with E-state index in [-0.39, 0.29) is 0 Å². The maximum atomic E-state index is 5.33. The summed E-state index contributed by atoms with van der Waals surface area (Å²) < 4.78 is 5.33. The van der Waals surface area contributed by atoms with Gasteiger partial charge in [-0.3, -0.25) is 0 Å². The number of allylic oxidation sites excluding steroid dienone is 3. The Morgan fingerprint density at radius 3 is 2.10 bits per heavy atom. The molecule has 0 radical (unpaired) electrons. The second-order valence-corrected chi connectivity index (χ2v) is 2.65. The van der Waals surface area contributed by atoms with Crippen molar-refractivity contribution in [3.05, 3.63) is 24.2 Å². The molecular formula is C9H16O. The molecular weight excluding hydrogens is 124 g/mol. The highest BCUT2D eigenvalue weighted by molar-refractivity contribution is 4.98. The van der Waals surface area contributed by atoms with Gasteiger partial charge in [-0.1, -0.05) is 20.4 Å². The van der Waals surface area contributed by atoms with Crippen molar-refractivity contribution in [3.63, 3.8) is 0 Å². The number of ether oxygens (including phenoxy) is 1. The number of hydrogen-bond acceptors (Lipinski definition) is 1. The van der Waals surface area contributed by atoms with E-state index in [1.165, 1.54) is 0 Å². The van der Waals surface area contributed by atoms with E-state index in [0.717, 1.165) is 11.5 Å². The Kier molecular flexibility index (Phi) is 3.85. The minimum atomic E-state index is 0.446. The third-order valence-electron chi connectivity index (χ3n) is 1.15. The van der Waals surface area contributed by atoms with Crippen LogP contribution in [0.1, 0.15) is 27.7 Å². The van der Waals surface area contributed by atoms with Crippen molar-refractivity contribution in [3.8, 4) is 0 Å². The fraction of sp³-hybridized carbons (Fsp3) is 0.556. The van der Waals surface area contributed by atoms with E-state index in [1.807, 2.05) is 19.9 Å². The average molecular weight is 140 g/mol. The Hall–Kier alpha value is -0.720. The highest BCUT2D eigenvalue weighted by Gasteiger charge is 2.01. The lowest BCUT2D eigenvalue weighted by atomic mass is 10.2. The third kappa shape index (κ3) is 3.33. The summed E-state index contributed by atoms with van der Waals surface area (Å²) in [5.41, 5.74) is 0. The molecule has 0 aliphatic carbocycles. The quantitative estimate of drug-likeness (QED) is 0.547. The van der Waals surface area contributed by atoms with Crippen LogP contribution in [0.4, 0.5) is 0 Å². The topological polar surface area (TPSA) is 9.23 Å². The molecule has 0 N–H and O–H groups in total. The summed E-state index contributed by atoms with van der Waals surface area (Å²) in [5, 5.41) is 0. The fourth-order valence-corrected chi connectivity index (χ4v) is 0.711. The van der Waals surface area contributed by atoms with Crippen LogP contribution in [-0.2, 0) is 4.74 Å². The van der Waals surface area contributed by atoms with Crippen LogP contribution in [0, 0.1) is 5.92 Å². The molecule has 0 aromatic carbocycles. The highest BCUT2D eigenvalue weighted by Crippen LogP contribution is 2.13. The summed E-state index contributed by atoms with van der Waals surface area (Å²) in [4.78, 5) is 0. The molecule has 1 nitrogen and oxygen atoms in total. The van der Waals surface area contributed by atoms with E-state index in [9.17, 15) is 0 Å². The van der Waals surface area contributed by atoms with Crippen molar-refractivity contribution in [1.82, 2.24) is 0 Å². The average Bonchev–Trinajstić information content (AvgIpc) is 1.81. The normalized spacial score (nSPS) is 11.9. The summed E-state index contributed by atoms with van der Waals surface area (Å²) in [6.07, 6.45) is 1.97. The van der Waals surface area contributed by atoms with E-state index in [0.29, 0.717) is 5.92 Å². The monoisotopic (exact) mass is 140 g/mol. The molecule has 0 aromatic heterocycles. The van der Waals surface area contributed by atoms with Gasteiger partial charge in [0, 0.05) is 5.92 Å². The predicted octanol–water partition coefficient (Wildman–Crippen LogP) is 3.10. The van der Waals surface area contributed by atoms with Gasteiger partial charge in [-0.15, -0.1) is 0 Å². The third-order valence-corrected chi connectivity index (χ3v) is 1.15. The smallest absolute Gasteiger partial charge is 0.102 e. The molecule has 0 aliphatic heterocycles. The van der Waals surface area contributed by atoms with Crippen molar-refractivity contribution < 1.29 is 4.74 Å². The molecule has 0 unspecified atom stereocenters. The molecule has 0 heterocycles. The zero-order valence-electron chi connectivity index (χ0n) is 7.27. The van der Waals surface area contributed by atoms with Gasteiger partial charge in [0.25, 0.3) is 0 Å². The van der Waals surface area contributed by atoms with E-state index < -0.39 is 0 Å². The Bertz CT molecular complexity index is 143. The van der Waals surface area contributed by atoms with Gasteiger partial charge in [-0.2, -0.15) is 0 Å². The van der Waals surface area contributed by atoms with E-state index in [2.05, 4.69) is 20.4 Å². The van der Waals surface area contributed by atoms with Crippen LogP contribution in [0.5, 0.6) is 0 Å². The van der Waals surface area contributed by atoms with Crippen LogP contribution in [0.15, 0.2) is 24.2 Å². The molecule has 0 bridgehead atoms. The summed E-state index contributed by atoms with van der Waals surface area (Å²) in [6, 6.07) is 0. The zero-order chi connectivity index (χ0) is 8.15. The molecule has 0 aliphatic rings. The van der Waals surface area contributed by atoms with Crippen molar-refractivity contribution in [2.75, 3.05) is 0 Å². The van der Waals surface area contributed by atoms with Gasteiger partial charge in [0.2, 0.25) is 0 Å². The maximum absolute atomic E-state index is 5.33. The van der Waals surface area contributed by atoms with Gasteiger partial charge in [0.15, 0.2) is 0 Å². The lowest BCUT2D eigenvalue weighted by molar-refractivity contribution is 0.269. The Labute approximate surface area is 63.4 Å². The minimum absolute atomic E-state index is 0.446. The molecule has 10 heavy (non-hydrogen) atoms. The highest BCUT2D eigenvalue weighted by atomic mass is 16.5. The first-order valence-electron chi connectivity index (χ1n) is 3.57. The first-order chi connectivity index (χ1) is 4.57. The van der Waals surface area contributed by atoms with Gasteiger partial charge >= 0.3 is 0 Å². The second kappa shape index (κ2) is 4.15. The van der Waals surface area contributed by atoms with Gasteiger partial charge in [0.05, 0.1) is 5.76 Å². The first kappa shape index (κ1) is 9.28. The molecule has 0 saturated carbocycles. The molecule has 0 fully saturated rings. The predicted molar refractivity (Wildman–Crippen MR) is 44.5 cm³/mol. The summed E-state index contributed by atoms with van der Waals surface area (Å²) in [5.74, 6) is 2.19. The van der Waals surface area contributed by atoms with Crippen LogP contribution in [0.25, 0.3) is 0 Å². The molecule has 1 heteroatoms. The Morgan fingerprint density at radius 1 is 1.50 bits per heavy atom. The summed E-state index contributed by atoms with van der Waals surface area (Å²) in [6.45, 7) is 11.7. The van der Waals surface area contributed by atoms with Crippen molar-refractivity contribution in [2.45, 2.75) is 27.7 Å². The van der Waals surface area contributed by atoms with Gasteiger partial charge < -0.3 is 4.74 Å². The lowest BCUT2D eigenvalue weighted by Gasteiger charge is -2.11. The summed E-state index contributed by atoms with van der Waals surface area (Å²) >= 11 is 0. The van der Waals surface area contributed by atoms with Crippen LogP contribution in [0.2, 0.25) is 0 Å². The van der Waals surface area contributed by atoms with E-state index in [4.69, 9.17) is 4.74 Å². The van der Waals surface area contributed by atoms with Crippen LogP contribution >= 0.6 is 0 Å². The lowest BCUT2D eigenvalue weighted by Crippen LogP contribution is -1.97.